The number of amides is 2. The first-order valence-corrected chi connectivity index (χ1v) is 16.5. The lowest BCUT2D eigenvalue weighted by Gasteiger charge is -2.32. The van der Waals surface area contributed by atoms with Crippen LogP contribution in [0.15, 0.2) is 83.8 Å². The minimum absolute atomic E-state index is 0.0607. The molecular weight excluding hydrogens is 598 g/mol. The number of morpholine rings is 1. The number of hydrogen-bond acceptors (Lipinski definition) is 8. The molecule has 11 nitrogen and oxygen atoms in total. The fourth-order valence-corrected chi connectivity index (χ4v) is 6.76. The van der Waals surface area contributed by atoms with Crippen LogP contribution in [0.3, 0.4) is 0 Å². The van der Waals surface area contributed by atoms with E-state index in [0.717, 1.165) is 18.4 Å². The van der Waals surface area contributed by atoms with E-state index in [-0.39, 0.29) is 30.1 Å². The van der Waals surface area contributed by atoms with Crippen LogP contribution in [-0.2, 0) is 35.6 Å². The van der Waals surface area contributed by atoms with E-state index in [9.17, 15) is 18.0 Å². The number of nitrogens with zero attached hydrogens (tertiary/aromatic N) is 2. The number of carbonyl (C=O) groups is 2. The number of ether oxygens (including phenoxy) is 4. The van der Waals surface area contributed by atoms with Gasteiger partial charge < -0.3 is 29.2 Å². The van der Waals surface area contributed by atoms with Crippen LogP contribution >= 0.6 is 0 Å². The van der Waals surface area contributed by atoms with E-state index in [1.165, 1.54) is 33.5 Å². The summed E-state index contributed by atoms with van der Waals surface area (Å²) in [5.41, 5.74) is 1.46. The number of benzene rings is 3. The molecule has 0 spiro atoms. The summed E-state index contributed by atoms with van der Waals surface area (Å²) in [5.74, 6) is 0.258. The topological polar surface area (TPSA) is 124 Å². The highest BCUT2D eigenvalue weighted by Gasteiger charge is 2.33. The van der Waals surface area contributed by atoms with Crippen molar-refractivity contribution in [3.8, 4) is 11.5 Å². The van der Waals surface area contributed by atoms with E-state index in [1.54, 1.807) is 19.2 Å². The molecular formula is C33H39N3O8S. The highest BCUT2D eigenvalue weighted by molar-refractivity contribution is 7.89. The molecule has 2 atom stereocenters. The Hall–Kier alpha value is -3.97. The maximum Gasteiger partial charge on any atom is 0.261 e. The molecule has 0 bridgehead atoms. The molecule has 2 amide bonds. The fourth-order valence-electron chi connectivity index (χ4n) is 5.35. The van der Waals surface area contributed by atoms with Crippen molar-refractivity contribution in [1.29, 1.82) is 0 Å². The molecule has 45 heavy (non-hydrogen) atoms. The van der Waals surface area contributed by atoms with Gasteiger partial charge in [-0.3, -0.25) is 9.59 Å². The number of methoxy groups -OCH3 is 1. The van der Waals surface area contributed by atoms with Gasteiger partial charge in [-0.2, -0.15) is 4.31 Å². The van der Waals surface area contributed by atoms with Crippen molar-refractivity contribution in [2.45, 2.75) is 36.4 Å². The summed E-state index contributed by atoms with van der Waals surface area (Å²) in [6.45, 7) is 2.08. The molecule has 0 aliphatic carbocycles. The lowest BCUT2D eigenvalue weighted by atomic mass is 10.0. The number of nitrogens with one attached hydrogen (secondary N) is 1. The molecule has 2 saturated heterocycles. The normalized spacial score (nSPS) is 17.8. The molecule has 0 saturated carbocycles. The van der Waals surface area contributed by atoms with Crippen molar-refractivity contribution in [1.82, 2.24) is 14.5 Å². The summed E-state index contributed by atoms with van der Waals surface area (Å²) in [4.78, 5) is 29.3. The van der Waals surface area contributed by atoms with E-state index in [0.29, 0.717) is 56.5 Å². The monoisotopic (exact) mass is 637 g/mol. The van der Waals surface area contributed by atoms with Crippen LogP contribution in [0.25, 0.3) is 0 Å². The third-order valence-corrected chi connectivity index (χ3v) is 9.74. The Morgan fingerprint density at radius 2 is 1.64 bits per heavy atom. The van der Waals surface area contributed by atoms with Crippen LogP contribution in [-0.4, -0.2) is 88.7 Å². The first kappa shape index (κ1) is 32.4. The molecule has 1 N–H and O–H groups in total. The third-order valence-electron chi connectivity index (χ3n) is 7.83. The van der Waals surface area contributed by atoms with Gasteiger partial charge in [-0.25, -0.2) is 8.42 Å². The van der Waals surface area contributed by atoms with Crippen molar-refractivity contribution in [3.05, 3.63) is 90.0 Å². The highest BCUT2D eigenvalue weighted by Crippen LogP contribution is 2.26. The van der Waals surface area contributed by atoms with Gasteiger partial charge >= 0.3 is 0 Å². The van der Waals surface area contributed by atoms with Crippen molar-refractivity contribution in [3.63, 3.8) is 0 Å². The van der Waals surface area contributed by atoms with Gasteiger partial charge in [0.05, 0.1) is 31.3 Å². The predicted molar refractivity (Wildman–Crippen MR) is 166 cm³/mol. The summed E-state index contributed by atoms with van der Waals surface area (Å²) >= 11 is 0. The SMILES string of the molecule is COc1ccc(CN(C(=O)COc2ccc(S(=O)(=O)N3CCOCC3)cc2)[C@@H](C(=O)NC[C@@H]2CCCO2)c2ccccc2)cc1. The predicted octanol–water partition coefficient (Wildman–Crippen LogP) is 3.16. The molecule has 0 radical (unpaired) electrons. The van der Waals surface area contributed by atoms with Crippen molar-refractivity contribution >= 4 is 21.8 Å². The van der Waals surface area contributed by atoms with Crippen molar-refractivity contribution < 1.29 is 37.0 Å². The van der Waals surface area contributed by atoms with Crippen molar-refractivity contribution in [2.24, 2.45) is 0 Å². The van der Waals surface area contributed by atoms with Gasteiger partial charge in [0.15, 0.2) is 6.61 Å². The fraction of sp³-hybridized carbons (Fsp3) is 0.394. The first-order chi connectivity index (χ1) is 21.8. The minimum Gasteiger partial charge on any atom is -0.497 e. The van der Waals surface area contributed by atoms with Crippen LogP contribution in [0.4, 0.5) is 0 Å². The second kappa shape index (κ2) is 15.3. The summed E-state index contributed by atoms with van der Waals surface area (Å²) in [6, 6.07) is 21.5. The minimum atomic E-state index is -3.67. The van der Waals surface area contributed by atoms with Gasteiger partial charge in [-0.15, -0.1) is 0 Å². The molecule has 5 rings (SSSR count). The Morgan fingerprint density at radius 1 is 0.956 bits per heavy atom. The standard InChI is InChI=1S/C33H39N3O8S/c1-41-27-11-9-25(10-12-27)23-36(32(26-6-3-2-4-7-26)33(38)34-22-29-8-5-19-43-29)31(37)24-44-28-13-15-30(16-14-28)45(39,40)35-17-20-42-21-18-35/h2-4,6-7,9-16,29,32H,5,8,17-24H2,1H3,(H,34,38)/t29-,32+/m0/s1. The van der Waals surface area contributed by atoms with Gasteiger partial charge in [0.2, 0.25) is 15.9 Å². The Morgan fingerprint density at radius 3 is 2.29 bits per heavy atom. The maximum atomic E-state index is 13.9. The molecule has 2 aliphatic rings. The Labute approximate surface area is 264 Å². The zero-order chi connectivity index (χ0) is 31.6. The molecule has 12 heteroatoms. The second-order valence-electron chi connectivity index (χ2n) is 10.8. The summed E-state index contributed by atoms with van der Waals surface area (Å²) < 4.78 is 49.5. The molecule has 3 aromatic rings. The Bertz CT molecular complexity index is 1510. The maximum absolute atomic E-state index is 13.9. The van der Waals surface area contributed by atoms with Crippen LogP contribution in [0.1, 0.15) is 30.0 Å². The van der Waals surface area contributed by atoms with Crippen molar-refractivity contribution in [2.75, 3.05) is 53.2 Å². The number of hydrogen-bond donors (Lipinski definition) is 1. The summed E-state index contributed by atoms with van der Waals surface area (Å²) in [5, 5.41) is 3.00. The highest BCUT2D eigenvalue weighted by atomic mass is 32.2. The number of rotatable bonds is 13. The van der Waals surface area contributed by atoms with Crippen LogP contribution in [0, 0.1) is 0 Å². The lowest BCUT2D eigenvalue weighted by Crippen LogP contribution is -2.46. The molecule has 240 valence electrons. The van der Waals surface area contributed by atoms with E-state index in [1.807, 2.05) is 42.5 Å². The molecule has 2 heterocycles. The lowest BCUT2D eigenvalue weighted by molar-refractivity contribution is -0.143. The average molecular weight is 638 g/mol. The van der Waals surface area contributed by atoms with E-state index >= 15 is 0 Å². The Balaban J connectivity index is 1.35. The largest absolute Gasteiger partial charge is 0.497 e. The second-order valence-corrected chi connectivity index (χ2v) is 12.8. The van der Waals surface area contributed by atoms with E-state index < -0.39 is 22.0 Å². The van der Waals surface area contributed by atoms with Crippen LogP contribution in [0.2, 0.25) is 0 Å². The summed E-state index contributed by atoms with van der Waals surface area (Å²) in [6.07, 6.45) is 1.75. The molecule has 0 unspecified atom stereocenters. The molecule has 0 aromatic heterocycles. The van der Waals surface area contributed by atoms with Gasteiger partial charge in [-0.05, 0) is 60.4 Å². The van der Waals surface area contributed by atoms with E-state index in [4.69, 9.17) is 18.9 Å². The number of sulfonamides is 1. The molecule has 3 aromatic carbocycles. The third kappa shape index (κ3) is 8.40. The summed E-state index contributed by atoms with van der Waals surface area (Å²) in [7, 11) is -2.09. The number of carbonyl (C=O) groups excluding carboxylic acids is 2. The van der Waals surface area contributed by atoms with Gasteiger partial charge in [-0.1, -0.05) is 42.5 Å². The Kier molecular flexibility index (Phi) is 11.1. The average Bonchev–Trinajstić information content (AvgIpc) is 3.61. The van der Waals surface area contributed by atoms with Gasteiger partial charge in [0.1, 0.15) is 17.5 Å². The molecule has 2 aliphatic heterocycles. The van der Waals surface area contributed by atoms with Crippen LogP contribution < -0.4 is 14.8 Å². The first-order valence-electron chi connectivity index (χ1n) is 15.0. The molecule has 2 fully saturated rings. The van der Waals surface area contributed by atoms with Gasteiger partial charge in [0.25, 0.3) is 5.91 Å². The smallest absolute Gasteiger partial charge is 0.261 e. The van der Waals surface area contributed by atoms with Crippen LogP contribution in [0.5, 0.6) is 11.5 Å². The van der Waals surface area contributed by atoms with Gasteiger partial charge in [0, 0.05) is 32.8 Å². The van der Waals surface area contributed by atoms with E-state index in [2.05, 4.69) is 5.32 Å². The zero-order valence-corrected chi connectivity index (χ0v) is 26.1. The quantitative estimate of drug-likeness (QED) is 0.303. The zero-order valence-electron chi connectivity index (χ0n) is 25.3.